The summed E-state index contributed by atoms with van der Waals surface area (Å²) in [5.41, 5.74) is 6.59. The zero-order valence-corrected chi connectivity index (χ0v) is 20.1. The molecule has 2 N–H and O–H groups in total. The summed E-state index contributed by atoms with van der Waals surface area (Å²) in [7, 11) is 4.07. The molecule has 33 heavy (non-hydrogen) atoms. The molecule has 0 aliphatic carbocycles. The number of H-pyrrole nitrogens is 1. The average molecular weight is 471 g/mol. The van der Waals surface area contributed by atoms with E-state index < -0.39 is 11.6 Å². The fraction of sp³-hybridized carbons (Fsp3) is 0.304. The van der Waals surface area contributed by atoms with Crippen molar-refractivity contribution in [3.63, 3.8) is 0 Å². The number of aromatic amines is 1. The highest BCUT2D eigenvalue weighted by Gasteiger charge is 2.30. The average Bonchev–Trinajstić information content (AvgIpc) is 3.20. The second-order valence-electron chi connectivity index (χ2n) is 7.87. The molecule has 10 heteroatoms. The lowest BCUT2D eigenvalue weighted by molar-refractivity contribution is 0.275. The molecule has 1 aliphatic heterocycles. The van der Waals surface area contributed by atoms with E-state index in [4.69, 9.17) is 0 Å². The number of nitrogens with zero attached hydrogens (tertiary/aromatic N) is 5. The van der Waals surface area contributed by atoms with Crippen LogP contribution in [0.1, 0.15) is 19.5 Å². The number of hydrogen-bond donors (Lipinski definition) is 2. The lowest BCUT2D eigenvalue weighted by Gasteiger charge is -2.22. The predicted octanol–water partition coefficient (Wildman–Crippen LogP) is 4.38. The first kappa shape index (κ1) is 23.1. The molecule has 2 unspecified atom stereocenters. The van der Waals surface area contributed by atoms with E-state index in [1.54, 1.807) is 37.5 Å². The molecule has 1 aromatic carbocycles. The van der Waals surface area contributed by atoms with Crippen LogP contribution in [-0.4, -0.2) is 51.9 Å². The van der Waals surface area contributed by atoms with Gasteiger partial charge in [-0.15, -0.1) is 0 Å². The molecule has 1 fully saturated rings. The maximum atomic E-state index is 15.2. The number of halogens is 2. The number of allylic oxidation sites excluding steroid dienone is 1. The highest BCUT2D eigenvalue weighted by atomic mass is 31.1. The lowest BCUT2D eigenvalue weighted by atomic mass is 10.0. The standard InChI is InChI=1S/C23H28F2N7P/c1-5-23-32(14-17(33-23)13-31-9-8-28-31)22-11-19(24)18(10-20(22)25)16-6-7-21(27-12-16)15(2)29-30(4)26-3/h5-12,17,26,28,33H,13-14H2,1-4H3/b23-5?,29-15+. The largest absolute Gasteiger partial charge is 0.339 e. The van der Waals surface area contributed by atoms with Crippen LogP contribution in [0.25, 0.3) is 11.1 Å². The number of pyridine rings is 1. The van der Waals surface area contributed by atoms with Gasteiger partial charge in [-0.1, -0.05) is 20.7 Å². The Hall–Kier alpha value is -3.03. The smallest absolute Gasteiger partial charge is 0.147 e. The maximum Gasteiger partial charge on any atom is 0.147 e. The molecule has 3 aromatic rings. The number of hydrazine groups is 1. The van der Waals surface area contributed by atoms with E-state index in [0.717, 1.165) is 12.0 Å². The summed E-state index contributed by atoms with van der Waals surface area (Å²) in [4.78, 5) is 6.28. The van der Waals surface area contributed by atoms with Crippen molar-refractivity contribution in [2.24, 2.45) is 5.10 Å². The van der Waals surface area contributed by atoms with E-state index in [9.17, 15) is 0 Å². The van der Waals surface area contributed by atoms with Gasteiger partial charge >= 0.3 is 0 Å². The van der Waals surface area contributed by atoms with Crippen LogP contribution in [0.2, 0.25) is 0 Å². The molecule has 0 saturated carbocycles. The summed E-state index contributed by atoms with van der Waals surface area (Å²) in [6.45, 7) is 5.25. The van der Waals surface area contributed by atoms with E-state index in [-0.39, 0.29) is 11.3 Å². The van der Waals surface area contributed by atoms with Crippen molar-refractivity contribution >= 4 is 20.0 Å². The van der Waals surface area contributed by atoms with Crippen LogP contribution in [0.4, 0.5) is 14.5 Å². The van der Waals surface area contributed by atoms with Crippen LogP contribution >= 0.6 is 8.58 Å². The molecule has 3 heterocycles. The minimum Gasteiger partial charge on any atom is -0.339 e. The van der Waals surface area contributed by atoms with Crippen LogP contribution in [0.15, 0.2) is 59.5 Å². The molecule has 2 atom stereocenters. The molecular formula is C23H28F2N7P. The van der Waals surface area contributed by atoms with Gasteiger partial charge in [0, 0.05) is 74.1 Å². The Morgan fingerprint density at radius 1 is 1.36 bits per heavy atom. The van der Waals surface area contributed by atoms with Gasteiger partial charge in [0.1, 0.15) is 11.6 Å². The summed E-state index contributed by atoms with van der Waals surface area (Å²) >= 11 is 0. The fourth-order valence-corrected chi connectivity index (χ4v) is 5.33. The van der Waals surface area contributed by atoms with Crippen molar-refractivity contribution in [3.8, 4) is 11.1 Å². The van der Waals surface area contributed by atoms with Gasteiger partial charge in [0.2, 0.25) is 0 Å². The van der Waals surface area contributed by atoms with E-state index in [0.29, 0.717) is 37.8 Å². The van der Waals surface area contributed by atoms with Gasteiger partial charge in [0.25, 0.3) is 0 Å². The van der Waals surface area contributed by atoms with Crippen molar-refractivity contribution in [2.45, 2.75) is 26.1 Å². The van der Waals surface area contributed by atoms with Gasteiger partial charge in [0.15, 0.2) is 0 Å². The maximum absolute atomic E-state index is 15.2. The first-order valence-corrected chi connectivity index (χ1v) is 11.8. The monoisotopic (exact) mass is 471 g/mol. The molecular weight excluding hydrogens is 443 g/mol. The van der Waals surface area contributed by atoms with Crippen LogP contribution in [0, 0.1) is 11.6 Å². The molecule has 174 valence electrons. The quantitative estimate of drug-likeness (QED) is 0.305. The Labute approximate surface area is 193 Å². The molecule has 2 aromatic heterocycles. The third kappa shape index (κ3) is 4.99. The highest BCUT2D eigenvalue weighted by molar-refractivity contribution is 7.44. The summed E-state index contributed by atoms with van der Waals surface area (Å²) < 4.78 is 32.4. The van der Waals surface area contributed by atoms with Crippen LogP contribution in [0.5, 0.6) is 0 Å². The molecule has 0 radical (unpaired) electrons. The minimum absolute atomic E-state index is 0.187. The second kappa shape index (κ2) is 9.85. The summed E-state index contributed by atoms with van der Waals surface area (Å²) in [6.07, 6.45) is 7.38. The highest BCUT2D eigenvalue weighted by Crippen LogP contribution is 2.44. The number of aromatic nitrogens is 3. The van der Waals surface area contributed by atoms with Crippen molar-refractivity contribution in [2.75, 3.05) is 25.5 Å². The third-order valence-corrected chi connectivity index (χ3v) is 7.25. The number of hydrazone groups is 1. The van der Waals surface area contributed by atoms with Gasteiger partial charge in [-0.05, 0) is 26.0 Å². The van der Waals surface area contributed by atoms with Gasteiger partial charge < -0.3 is 10.00 Å². The number of hydrogen-bond acceptors (Lipinski definition) is 5. The molecule has 0 bridgehead atoms. The van der Waals surface area contributed by atoms with Crippen LogP contribution < -0.4 is 10.3 Å². The molecule has 4 rings (SSSR count). The second-order valence-corrected chi connectivity index (χ2v) is 9.49. The summed E-state index contributed by atoms with van der Waals surface area (Å²) in [5.74, 6) is -0.925. The van der Waals surface area contributed by atoms with Gasteiger partial charge in [-0.25, -0.2) is 19.3 Å². The number of nitrogens with one attached hydrogen (secondary N) is 2. The first-order chi connectivity index (χ1) is 15.9. The summed E-state index contributed by atoms with van der Waals surface area (Å²) in [5, 5.41) is 8.99. The summed E-state index contributed by atoms with van der Waals surface area (Å²) in [6, 6.07) is 6.05. The van der Waals surface area contributed by atoms with Crippen LogP contribution in [0.3, 0.4) is 0 Å². The van der Waals surface area contributed by atoms with E-state index in [1.807, 2.05) is 41.9 Å². The Balaban J connectivity index is 1.57. The van der Waals surface area contributed by atoms with E-state index in [2.05, 4.69) is 20.6 Å². The zero-order valence-electron chi connectivity index (χ0n) is 19.1. The minimum atomic E-state index is -0.476. The Kier molecular flexibility index (Phi) is 6.91. The van der Waals surface area contributed by atoms with Crippen molar-refractivity contribution in [3.05, 3.63) is 71.7 Å². The normalized spacial score (nSPS) is 18.6. The molecule has 1 saturated heterocycles. The van der Waals surface area contributed by atoms with E-state index >= 15 is 8.78 Å². The first-order valence-electron chi connectivity index (χ1n) is 10.7. The third-order valence-electron chi connectivity index (χ3n) is 5.63. The molecule has 0 amide bonds. The fourth-order valence-electron chi connectivity index (χ4n) is 3.81. The Morgan fingerprint density at radius 3 is 2.76 bits per heavy atom. The topological polar surface area (TPSA) is 64.5 Å². The Morgan fingerprint density at radius 2 is 2.15 bits per heavy atom. The van der Waals surface area contributed by atoms with Crippen molar-refractivity contribution in [1.29, 1.82) is 0 Å². The lowest BCUT2D eigenvalue weighted by Crippen LogP contribution is -2.26. The van der Waals surface area contributed by atoms with Gasteiger partial charge in [-0.2, -0.15) is 5.10 Å². The predicted molar refractivity (Wildman–Crippen MR) is 131 cm³/mol. The number of anilines is 1. The number of rotatable bonds is 7. The van der Waals surface area contributed by atoms with Crippen molar-refractivity contribution in [1.82, 2.24) is 25.3 Å². The Bertz CT molecular complexity index is 1160. The SMILES string of the molecule is CC=C1PC(Cn2cc[nH]2)CN1c1cc(F)c(-c2ccc(/C(C)=N/N(C)NC)nc2)cc1F. The zero-order chi connectivity index (χ0) is 23.5. The van der Waals surface area contributed by atoms with Gasteiger partial charge in [-0.3, -0.25) is 9.67 Å². The molecule has 7 nitrogen and oxygen atoms in total. The van der Waals surface area contributed by atoms with Gasteiger partial charge in [0.05, 0.1) is 17.1 Å². The number of benzene rings is 1. The van der Waals surface area contributed by atoms with Crippen LogP contribution in [-0.2, 0) is 6.54 Å². The van der Waals surface area contributed by atoms with E-state index in [1.165, 1.54) is 12.1 Å². The van der Waals surface area contributed by atoms with Crippen molar-refractivity contribution < 1.29 is 8.78 Å². The molecule has 0 spiro atoms. The molecule has 1 aliphatic rings.